The van der Waals surface area contributed by atoms with Crippen LogP contribution in [-0.2, 0) is 0 Å². The van der Waals surface area contributed by atoms with Gasteiger partial charge in [-0.1, -0.05) is 24.3 Å². The summed E-state index contributed by atoms with van der Waals surface area (Å²) in [7, 11) is 0. The van der Waals surface area contributed by atoms with Crippen LogP contribution in [-0.4, -0.2) is 0 Å². The van der Waals surface area contributed by atoms with E-state index in [-0.39, 0.29) is 0 Å². The summed E-state index contributed by atoms with van der Waals surface area (Å²) < 4.78 is 5.55. The van der Waals surface area contributed by atoms with Crippen molar-refractivity contribution in [2.24, 2.45) is 0 Å². The van der Waals surface area contributed by atoms with Crippen molar-refractivity contribution in [3.05, 3.63) is 83.9 Å². The molecule has 0 atom stereocenters. The molecule has 142 valence electrons. The van der Waals surface area contributed by atoms with Crippen LogP contribution in [0.25, 0.3) is 61.9 Å². The van der Waals surface area contributed by atoms with Gasteiger partial charge in [-0.05, 0) is 95.1 Å². The zero-order valence-corrected chi connectivity index (χ0v) is 18.4. The second-order valence-corrected chi connectivity index (χ2v) is 10.5. The number of hydrogen-bond acceptors (Lipinski definition) is 2. The van der Waals surface area contributed by atoms with Gasteiger partial charge in [-0.3, -0.25) is 0 Å². The molecule has 0 radical (unpaired) electrons. The standard InChI is InChI=1S/C28H18S2/c1-15-7-21-23-13-28-24(14-27(23)29-25(21)8-16(15)2)22-11-19-9-17-5-3-4-6-18(17)10-20(19)12-26(22)30-28/h3-14H,1-2H3. The van der Waals surface area contributed by atoms with Crippen LogP contribution in [0.2, 0.25) is 0 Å². The number of hydrogen-bond donors (Lipinski definition) is 0. The second kappa shape index (κ2) is 5.81. The third-order valence-electron chi connectivity index (χ3n) is 6.50. The number of rotatable bonds is 0. The van der Waals surface area contributed by atoms with Crippen LogP contribution >= 0.6 is 22.7 Å². The molecule has 2 aromatic heterocycles. The van der Waals surface area contributed by atoms with Crippen molar-refractivity contribution in [2.75, 3.05) is 0 Å². The van der Waals surface area contributed by atoms with E-state index in [9.17, 15) is 0 Å². The van der Waals surface area contributed by atoms with Gasteiger partial charge in [0.25, 0.3) is 0 Å². The molecule has 2 heterocycles. The average molecular weight is 419 g/mol. The van der Waals surface area contributed by atoms with Gasteiger partial charge in [-0.15, -0.1) is 22.7 Å². The van der Waals surface area contributed by atoms with Crippen LogP contribution in [0.4, 0.5) is 0 Å². The summed E-state index contributed by atoms with van der Waals surface area (Å²) in [5.41, 5.74) is 2.75. The molecule has 5 aromatic carbocycles. The average Bonchev–Trinajstić information content (AvgIpc) is 3.25. The van der Waals surface area contributed by atoms with E-state index in [1.165, 1.54) is 73.0 Å². The Hall–Kier alpha value is -2.94. The minimum Gasteiger partial charge on any atom is -0.135 e. The molecule has 7 rings (SSSR count). The minimum atomic E-state index is 1.31. The highest BCUT2D eigenvalue weighted by atomic mass is 32.1. The lowest BCUT2D eigenvalue weighted by molar-refractivity contribution is 1.37. The summed E-state index contributed by atoms with van der Waals surface area (Å²) >= 11 is 3.84. The van der Waals surface area contributed by atoms with E-state index < -0.39 is 0 Å². The van der Waals surface area contributed by atoms with Crippen molar-refractivity contribution >= 4 is 84.6 Å². The van der Waals surface area contributed by atoms with Gasteiger partial charge in [-0.25, -0.2) is 0 Å². The normalized spacial score (nSPS) is 12.3. The van der Waals surface area contributed by atoms with Crippen LogP contribution < -0.4 is 0 Å². The topological polar surface area (TPSA) is 0 Å². The summed E-state index contributed by atoms with van der Waals surface area (Å²) in [6.07, 6.45) is 0. The summed E-state index contributed by atoms with van der Waals surface area (Å²) in [4.78, 5) is 0. The monoisotopic (exact) mass is 418 g/mol. The molecular formula is C28H18S2. The van der Waals surface area contributed by atoms with E-state index >= 15 is 0 Å². The number of aryl methyl sites for hydroxylation is 2. The van der Waals surface area contributed by atoms with Gasteiger partial charge in [0.05, 0.1) is 0 Å². The summed E-state index contributed by atoms with van der Waals surface area (Å²) in [5, 5.41) is 10.8. The van der Waals surface area contributed by atoms with E-state index in [4.69, 9.17) is 0 Å². The smallest absolute Gasteiger partial charge is 0.0362 e. The van der Waals surface area contributed by atoms with Gasteiger partial charge in [-0.2, -0.15) is 0 Å². The Balaban J connectivity index is 1.59. The van der Waals surface area contributed by atoms with Crippen LogP contribution in [0.15, 0.2) is 72.8 Å². The maximum atomic E-state index is 2.42. The Morgan fingerprint density at radius 2 is 0.900 bits per heavy atom. The highest BCUT2D eigenvalue weighted by molar-refractivity contribution is 7.27. The minimum absolute atomic E-state index is 1.31. The third kappa shape index (κ3) is 2.26. The molecular weight excluding hydrogens is 400 g/mol. The highest BCUT2D eigenvalue weighted by Crippen LogP contribution is 2.43. The number of fused-ring (bicyclic) bond motifs is 8. The van der Waals surface area contributed by atoms with Gasteiger partial charge >= 0.3 is 0 Å². The lowest BCUT2D eigenvalue weighted by Gasteiger charge is -2.03. The quantitative estimate of drug-likeness (QED) is 0.215. The molecule has 0 unspecified atom stereocenters. The first-order valence-electron chi connectivity index (χ1n) is 10.3. The molecule has 0 saturated carbocycles. The SMILES string of the molecule is Cc1cc2sc3cc4c(cc3c2cc1C)sc1cc2cc3ccccc3cc2cc14. The maximum absolute atomic E-state index is 2.42. The maximum Gasteiger partial charge on any atom is 0.0362 e. The van der Waals surface area contributed by atoms with Crippen molar-refractivity contribution in [1.82, 2.24) is 0 Å². The fourth-order valence-corrected chi connectivity index (χ4v) is 7.10. The first-order chi connectivity index (χ1) is 14.6. The third-order valence-corrected chi connectivity index (χ3v) is 8.73. The fourth-order valence-electron chi connectivity index (χ4n) is 4.74. The zero-order valence-electron chi connectivity index (χ0n) is 16.7. The Labute approximate surface area is 182 Å². The van der Waals surface area contributed by atoms with Crippen LogP contribution in [0, 0.1) is 13.8 Å². The lowest BCUT2D eigenvalue weighted by atomic mass is 10.0. The van der Waals surface area contributed by atoms with E-state index in [2.05, 4.69) is 86.6 Å². The van der Waals surface area contributed by atoms with E-state index in [1.807, 2.05) is 22.7 Å². The number of thiophene rings is 2. The van der Waals surface area contributed by atoms with Crippen molar-refractivity contribution in [3.63, 3.8) is 0 Å². The molecule has 30 heavy (non-hydrogen) atoms. The first-order valence-corrected chi connectivity index (χ1v) is 11.9. The molecule has 7 aromatic rings. The Kier molecular flexibility index (Phi) is 3.26. The van der Waals surface area contributed by atoms with Crippen LogP contribution in [0.1, 0.15) is 11.1 Å². The Bertz CT molecular complexity index is 1810. The summed E-state index contributed by atoms with van der Waals surface area (Å²) in [6.45, 7) is 4.42. The van der Waals surface area contributed by atoms with E-state index in [0.29, 0.717) is 0 Å². The molecule has 2 heteroatoms. The second-order valence-electron chi connectivity index (χ2n) is 8.38. The molecule has 0 aliphatic carbocycles. The van der Waals surface area contributed by atoms with Crippen LogP contribution in [0.5, 0.6) is 0 Å². The molecule has 0 bridgehead atoms. The molecule has 0 aliphatic heterocycles. The van der Waals surface area contributed by atoms with Crippen molar-refractivity contribution in [3.8, 4) is 0 Å². The molecule has 0 amide bonds. The first kappa shape index (κ1) is 16.8. The molecule has 0 aliphatic rings. The predicted octanol–water partition coefficient (Wildman–Crippen LogP) is 9.35. The predicted molar refractivity (Wildman–Crippen MR) is 137 cm³/mol. The van der Waals surface area contributed by atoms with Crippen molar-refractivity contribution < 1.29 is 0 Å². The van der Waals surface area contributed by atoms with Crippen LogP contribution in [0.3, 0.4) is 0 Å². The molecule has 0 N–H and O–H groups in total. The van der Waals surface area contributed by atoms with Crippen molar-refractivity contribution in [1.29, 1.82) is 0 Å². The van der Waals surface area contributed by atoms with E-state index in [1.54, 1.807) is 0 Å². The summed E-state index contributed by atoms with van der Waals surface area (Å²) in [6, 6.07) is 27.6. The largest absolute Gasteiger partial charge is 0.135 e. The lowest BCUT2D eigenvalue weighted by Crippen LogP contribution is -1.78. The Morgan fingerprint density at radius 3 is 1.57 bits per heavy atom. The van der Waals surface area contributed by atoms with Gasteiger partial charge in [0.1, 0.15) is 0 Å². The highest BCUT2D eigenvalue weighted by Gasteiger charge is 2.13. The van der Waals surface area contributed by atoms with E-state index in [0.717, 1.165) is 0 Å². The Morgan fingerprint density at radius 1 is 0.433 bits per heavy atom. The number of benzene rings is 5. The molecule has 0 saturated heterocycles. The molecule has 0 fully saturated rings. The zero-order chi connectivity index (χ0) is 20.0. The van der Waals surface area contributed by atoms with Gasteiger partial charge in [0.15, 0.2) is 0 Å². The molecule has 0 spiro atoms. The molecule has 0 nitrogen and oxygen atoms in total. The fraction of sp³-hybridized carbons (Fsp3) is 0.0714. The summed E-state index contributed by atoms with van der Waals surface area (Å²) in [5.74, 6) is 0. The van der Waals surface area contributed by atoms with Gasteiger partial charge < -0.3 is 0 Å². The van der Waals surface area contributed by atoms with Crippen molar-refractivity contribution in [2.45, 2.75) is 13.8 Å². The van der Waals surface area contributed by atoms with Gasteiger partial charge in [0.2, 0.25) is 0 Å². The van der Waals surface area contributed by atoms with Gasteiger partial charge in [0, 0.05) is 40.3 Å².